The van der Waals surface area contributed by atoms with E-state index in [1.807, 2.05) is 16.3 Å². The number of hydrogen-bond acceptors (Lipinski definition) is 4. The third-order valence-electron chi connectivity index (χ3n) is 1.67. The first-order valence-corrected chi connectivity index (χ1v) is 12.5. The van der Waals surface area contributed by atoms with Gasteiger partial charge in [0.1, 0.15) is 6.67 Å². The van der Waals surface area contributed by atoms with Gasteiger partial charge in [-0.1, -0.05) is 0 Å². The van der Waals surface area contributed by atoms with Crippen LogP contribution in [0.2, 0.25) is 39.3 Å². The second-order valence-corrected chi connectivity index (χ2v) is 14.8. The molecule has 0 bridgehead atoms. The average Bonchev–Trinajstić information content (AvgIpc) is 1.96. The maximum absolute atomic E-state index is 5.94. The summed E-state index contributed by atoms with van der Waals surface area (Å²) in [6, 6.07) is 0. The van der Waals surface area contributed by atoms with Gasteiger partial charge in [-0.3, -0.25) is 5.06 Å². The van der Waals surface area contributed by atoms with Crippen LogP contribution in [0.25, 0.3) is 0 Å². The van der Waals surface area contributed by atoms with Crippen LogP contribution in [0.5, 0.6) is 0 Å². The third-order valence-corrected chi connectivity index (χ3v) is 3.26. The first-order valence-electron chi connectivity index (χ1n) is 5.72. The smallest absolute Gasteiger partial charge is 0.220 e. The first-order chi connectivity index (χ1) is 7.16. The number of hydroxylamine groups is 4. The van der Waals surface area contributed by atoms with Crippen molar-refractivity contribution < 1.29 is 9.05 Å². The molecule has 6 heteroatoms. The van der Waals surface area contributed by atoms with E-state index < -0.39 is 16.6 Å². The van der Waals surface area contributed by atoms with E-state index in [0.29, 0.717) is 6.67 Å². The van der Waals surface area contributed by atoms with Crippen LogP contribution in [0.15, 0.2) is 12.3 Å². The molecule has 0 saturated carbocycles. The topological polar surface area (TPSA) is 24.9 Å². The number of rotatable bonds is 4. The highest BCUT2D eigenvalue weighted by Gasteiger charge is 2.25. The Morgan fingerprint density at radius 3 is 2.00 bits per heavy atom. The molecular weight excluding hydrogens is 236 g/mol. The van der Waals surface area contributed by atoms with Crippen molar-refractivity contribution in [2.45, 2.75) is 39.3 Å². The normalized spacial score (nSPS) is 19.2. The zero-order chi connectivity index (χ0) is 12.4. The molecule has 0 aromatic heterocycles. The van der Waals surface area contributed by atoms with Crippen molar-refractivity contribution in [3.63, 3.8) is 0 Å². The van der Waals surface area contributed by atoms with Gasteiger partial charge in [-0.05, 0) is 45.4 Å². The molecule has 1 heterocycles. The molecule has 0 aromatic rings. The van der Waals surface area contributed by atoms with Gasteiger partial charge in [-0.25, -0.2) is 0 Å². The van der Waals surface area contributed by atoms with E-state index in [0.717, 1.165) is 6.54 Å². The van der Waals surface area contributed by atoms with E-state index in [1.165, 1.54) is 0 Å². The molecule has 0 saturated heterocycles. The zero-order valence-electron chi connectivity index (χ0n) is 11.3. The molecule has 1 rings (SSSR count). The van der Waals surface area contributed by atoms with Crippen LogP contribution in [-0.2, 0) is 9.05 Å². The SMILES string of the molecule is C[Si](C)(C)ON1C=CCN(O[Si](C)(C)C)C1. The largest absolute Gasteiger partial charge is 0.341 e. The minimum atomic E-state index is -1.53. The summed E-state index contributed by atoms with van der Waals surface area (Å²) >= 11 is 0. The summed E-state index contributed by atoms with van der Waals surface area (Å²) in [6.07, 6.45) is 4.08. The summed E-state index contributed by atoms with van der Waals surface area (Å²) in [7, 11) is -3.04. The Balaban J connectivity index is 2.48. The van der Waals surface area contributed by atoms with Crippen LogP contribution in [0.1, 0.15) is 0 Å². The second kappa shape index (κ2) is 5.01. The molecule has 1 aliphatic heterocycles. The van der Waals surface area contributed by atoms with E-state index in [-0.39, 0.29) is 0 Å². The van der Waals surface area contributed by atoms with E-state index in [1.54, 1.807) is 0 Å². The fourth-order valence-corrected chi connectivity index (χ4v) is 3.14. The van der Waals surface area contributed by atoms with Crippen molar-refractivity contribution in [1.82, 2.24) is 10.1 Å². The lowest BCUT2D eigenvalue weighted by Crippen LogP contribution is -2.47. The summed E-state index contributed by atoms with van der Waals surface area (Å²) in [6.45, 7) is 14.7. The molecule has 0 spiro atoms. The van der Waals surface area contributed by atoms with Gasteiger partial charge in [0.2, 0.25) is 16.6 Å². The van der Waals surface area contributed by atoms with Crippen molar-refractivity contribution in [1.29, 1.82) is 0 Å². The van der Waals surface area contributed by atoms with Crippen molar-refractivity contribution in [3.8, 4) is 0 Å². The predicted molar refractivity (Wildman–Crippen MR) is 71.4 cm³/mol. The first kappa shape index (κ1) is 13.9. The summed E-state index contributed by atoms with van der Waals surface area (Å²) in [5, 5.41) is 3.86. The molecule has 0 aliphatic carbocycles. The molecular formula is C10H24N2O2Si2. The maximum atomic E-state index is 5.94. The van der Waals surface area contributed by atoms with Gasteiger partial charge in [-0.2, -0.15) is 5.06 Å². The Labute approximate surface area is 101 Å². The molecule has 0 N–H and O–H groups in total. The quantitative estimate of drug-likeness (QED) is 0.726. The van der Waals surface area contributed by atoms with Crippen molar-refractivity contribution in [3.05, 3.63) is 12.3 Å². The van der Waals surface area contributed by atoms with Gasteiger partial charge in [0.05, 0.1) is 0 Å². The standard InChI is InChI=1S/C10H24N2O2Si2/c1-15(2,3)13-11-8-7-9-12(10-11)14-16(4,5)6/h7-8H,9-10H2,1-6H3. The zero-order valence-corrected chi connectivity index (χ0v) is 13.3. The van der Waals surface area contributed by atoms with Gasteiger partial charge in [0.15, 0.2) is 0 Å². The Morgan fingerprint density at radius 2 is 1.50 bits per heavy atom. The highest BCUT2D eigenvalue weighted by molar-refractivity contribution is 6.70. The van der Waals surface area contributed by atoms with E-state index in [4.69, 9.17) is 9.05 Å². The van der Waals surface area contributed by atoms with Gasteiger partial charge >= 0.3 is 0 Å². The lowest BCUT2D eigenvalue weighted by atomic mass is 10.5. The Hall–Kier alpha value is -0.146. The van der Waals surface area contributed by atoms with Crippen LogP contribution in [-0.4, -0.2) is 40.0 Å². The summed E-state index contributed by atoms with van der Waals surface area (Å²) in [5.41, 5.74) is 0. The lowest BCUT2D eigenvalue weighted by Gasteiger charge is -2.37. The van der Waals surface area contributed by atoms with Gasteiger partial charge in [0.25, 0.3) is 0 Å². The monoisotopic (exact) mass is 260 g/mol. The molecule has 0 amide bonds. The van der Waals surface area contributed by atoms with E-state index in [2.05, 4.69) is 45.4 Å². The predicted octanol–water partition coefficient (Wildman–Crippen LogP) is 2.61. The molecule has 94 valence electrons. The van der Waals surface area contributed by atoms with Crippen LogP contribution in [0, 0.1) is 0 Å². The van der Waals surface area contributed by atoms with Crippen LogP contribution < -0.4 is 0 Å². The number of hydrogen-bond donors (Lipinski definition) is 0. The summed E-state index contributed by atoms with van der Waals surface area (Å²) in [4.78, 5) is 0. The number of nitrogens with zero attached hydrogens (tertiary/aromatic N) is 2. The maximum Gasteiger partial charge on any atom is 0.220 e. The van der Waals surface area contributed by atoms with E-state index in [9.17, 15) is 0 Å². The second-order valence-electron chi connectivity index (χ2n) is 6.01. The van der Waals surface area contributed by atoms with E-state index >= 15 is 0 Å². The van der Waals surface area contributed by atoms with Gasteiger partial charge in [0, 0.05) is 12.7 Å². The van der Waals surface area contributed by atoms with Crippen LogP contribution in [0.4, 0.5) is 0 Å². The molecule has 0 aromatic carbocycles. The molecule has 0 fully saturated rings. The molecule has 0 atom stereocenters. The minimum absolute atomic E-state index is 0.699. The van der Waals surface area contributed by atoms with Crippen molar-refractivity contribution in [2.75, 3.05) is 13.2 Å². The highest BCUT2D eigenvalue weighted by atomic mass is 28.4. The molecule has 4 nitrogen and oxygen atoms in total. The van der Waals surface area contributed by atoms with Gasteiger partial charge < -0.3 is 9.05 Å². The van der Waals surface area contributed by atoms with Gasteiger partial charge in [-0.15, -0.1) is 0 Å². The Kier molecular flexibility index (Phi) is 4.36. The molecule has 16 heavy (non-hydrogen) atoms. The highest BCUT2D eigenvalue weighted by Crippen LogP contribution is 2.14. The van der Waals surface area contributed by atoms with Crippen LogP contribution >= 0.6 is 0 Å². The fourth-order valence-electron chi connectivity index (χ4n) is 1.41. The molecule has 1 aliphatic rings. The fraction of sp³-hybridized carbons (Fsp3) is 0.800. The summed E-state index contributed by atoms with van der Waals surface area (Å²) in [5.74, 6) is 0. The molecule has 0 unspecified atom stereocenters. The molecule has 0 radical (unpaired) electrons. The van der Waals surface area contributed by atoms with Crippen LogP contribution in [0.3, 0.4) is 0 Å². The minimum Gasteiger partial charge on any atom is -0.341 e. The Morgan fingerprint density at radius 1 is 0.938 bits per heavy atom. The van der Waals surface area contributed by atoms with Crippen molar-refractivity contribution in [2.24, 2.45) is 0 Å². The van der Waals surface area contributed by atoms with Crippen molar-refractivity contribution >= 4 is 16.6 Å². The summed E-state index contributed by atoms with van der Waals surface area (Å²) < 4.78 is 11.8. The average molecular weight is 260 g/mol. The third kappa shape index (κ3) is 5.81. The Bertz CT molecular complexity index is 259. The lowest BCUT2D eigenvalue weighted by molar-refractivity contribution is -0.161.